The molecule has 1 aromatic carbocycles. The number of ether oxygens (including phenoxy) is 1. The number of H-pyrrole nitrogens is 1. The molecular formula is C15H17NOS. The molecule has 1 aliphatic carbocycles. The van der Waals surface area contributed by atoms with Crippen molar-refractivity contribution in [3.05, 3.63) is 53.3 Å². The van der Waals surface area contributed by atoms with Crippen LogP contribution in [0.5, 0.6) is 5.75 Å². The molecule has 3 rings (SSSR count). The first-order valence-electron chi connectivity index (χ1n) is 6.24. The lowest BCUT2D eigenvalue weighted by Gasteiger charge is -2.09. The lowest BCUT2D eigenvalue weighted by atomic mass is 10.2. The number of benzene rings is 1. The number of nitrogens with one attached hydrogen (secondary N) is 1. The molecule has 0 spiro atoms. The highest BCUT2D eigenvalue weighted by atomic mass is 32.2. The van der Waals surface area contributed by atoms with Crippen molar-refractivity contribution in [3.8, 4) is 5.75 Å². The Labute approximate surface area is 112 Å². The number of methoxy groups -OCH3 is 1. The van der Waals surface area contributed by atoms with Gasteiger partial charge in [-0.15, -0.1) is 0 Å². The summed E-state index contributed by atoms with van der Waals surface area (Å²) in [7, 11) is 1.70. The second-order valence-electron chi connectivity index (χ2n) is 4.70. The molecule has 0 bridgehead atoms. The molecule has 1 N–H and O–H groups in total. The number of rotatable bonds is 4. The Bertz CT molecular complexity index is 497. The predicted octanol–water partition coefficient (Wildman–Crippen LogP) is 3.42. The van der Waals surface area contributed by atoms with Gasteiger partial charge in [-0.05, 0) is 41.7 Å². The van der Waals surface area contributed by atoms with E-state index in [0.29, 0.717) is 0 Å². The highest BCUT2D eigenvalue weighted by molar-refractivity contribution is 7.99. The molecular weight excluding hydrogens is 242 g/mol. The van der Waals surface area contributed by atoms with E-state index in [2.05, 4.69) is 41.3 Å². The van der Waals surface area contributed by atoms with Gasteiger partial charge in [-0.3, -0.25) is 0 Å². The van der Waals surface area contributed by atoms with Gasteiger partial charge in [0.2, 0.25) is 0 Å². The van der Waals surface area contributed by atoms with Gasteiger partial charge < -0.3 is 9.72 Å². The first-order valence-corrected chi connectivity index (χ1v) is 7.29. The number of fused-ring (bicyclic) bond motifs is 1. The molecule has 18 heavy (non-hydrogen) atoms. The average molecular weight is 259 g/mol. The van der Waals surface area contributed by atoms with Crippen LogP contribution in [0.1, 0.15) is 16.7 Å². The largest absolute Gasteiger partial charge is 0.497 e. The summed E-state index contributed by atoms with van der Waals surface area (Å²) in [5.74, 6) is 2.02. The minimum Gasteiger partial charge on any atom is -0.497 e. The fourth-order valence-corrected chi connectivity index (χ4v) is 3.64. The molecule has 0 fully saturated rings. The summed E-state index contributed by atoms with van der Waals surface area (Å²) >= 11 is 2.06. The van der Waals surface area contributed by atoms with Gasteiger partial charge >= 0.3 is 0 Å². The Morgan fingerprint density at radius 3 is 2.44 bits per heavy atom. The SMILES string of the molecule is COc1ccc(CSC2Cc3c[nH]cc3C2)cc1. The smallest absolute Gasteiger partial charge is 0.118 e. The summed E-state index contributed by atoms with van der Waals surface area (Å²) in [6.45, 7) is 0. The minimum atomic E-state index is 0.742. The number of aromatic nitrogens is 1. The third kappa shape index (κ3) is 2.41. The van der Waals surface area contributed by atoms with Gasteiger partial charge in [0.05, 0.1) is 7.11 Å². The van der Waals surface area contributed by atoms with Crippen molar-refractivity contribution in [2.75, 3.05) is 7.11 Å². The van der Waals surface area contributed by atoms with Crippen LogP contribution in [-0.2, 0) is 18.6 Å². The second-order valence-corrected chi connectivity index (χ2v) is 5.98. The van der Waals surface area contributed by atoms with Crippen molar-refractivity contribution < 1.29 is 4.74 Å². The standard InChI is InChI=1S/C15H17NOS/c1-17-14-4-2-11(3-5-14)10-18-15-6-12-8-16-9-13(12)7-15/h2-5,8-9,15-16H,6-7,10H2,1H3. The van der Waals surface area contributed by atoms with E-state index in [1.165, 1.54) is 29.5 Å². The molecule has 94 valence electrons. The maximum absolute atomic E-state index is 5.17. The van der Waals surface area contributed by atoms with E-state index in [1.807, 2.05) is 12.1 Å². The van der Waals surface area contributed by atoms with Crippen LogP contribution in [0.15, 0.2) is 36.7 Å². The zero-order chi connectivity index (χ0) is 12.4. The van der Waals surface area contributed by atoms with Crippen molar-refractivity contribution >= 4 is 11.8 Å². The van der Waals surface area contributed by atoms with Gasteiger partial charge in [-0.1, -0.05) is 12.1 Å². The molecule has 2 aromatic rings. The molecule has 0 atom stereocenters. The molecule has 0 saturated carbocycles. The Morgan fingerprint density at radius 1 is 1.17 bits per heavy atom. The fourth-order valence-electron chi connectivity index (χ4n) is 2.42. The van der Waals surface area contributed by atoms with Crippen LogP contribution in [-0.4, -0.2) is 17.3 Å². The van der Waals surface area contributed by atoms with Crippen LogP contribution in [0.25, 0.3) is 0 Å². The number of aromatic amines is 1. The average Bonchev–Trinajstić information content (AvgIpc) is 2.97. The molecule has 0 saturated heterocycles. The van der Waals surface area contributed by atoms with Crippen molar-refractivity contribution in [2.45, 2.75) is 23.8 Å². The van der Waals surface area contributed by atoms with Crippen molar-refractivity contribution in [3.63, 3.8) is 0 Å². The van der Waals surface area contributed by atoms with Gasteiger partial charge in [0.15, 0.2) is 0 Å². The van der Waals surface area contributed by atoms with E-state index in [4.69, 9.17) is 4.74 Å². The van der Waals surface area contributed by atoms with Gasteiger partial charge in [0.1, 0.15) is 5.75 Å². The molecule has 3 heteroatoms. The first kappa shape index (κ1) is 11.7. The van der Waals surface area contributed by atoms with Crippen molar-refractivity contribution in [2.24, 2.45) is 0 Å². The maximum Gasteiger partial charge on any atom is 0.118 e. The maximum atomic E-state index is 5.17. The summed E-state index contributed by atoms with van der Waals surface area (Å²) in [4.78, 5) is 3.18. The number of hydrogen-bond acceptors (Lipinski definition) is 2. The highest BCUT2D eigenvalue weighted by Crippen LogP contribution is 2.31. The molecule has 0 unspecified atom stereocenters. The lowest BCUT2D eigenvalue weighted by molar-refractivity contribution is 0.414. The zero-order valence-electron chi connectivity index (χ0n) is 10.5. The third-order valence-electron chi connectivity index (χ3n) is 3.47. The van der Waals surface area contributed by atoms with Gasteiger partial charge in [0, 0.05) is 23.4 Å². The van der Waals surface area contributed by atoms with Crippen LogP contribution < -0.4 is 4.74 Å². The predicted molar refractivity (Wildman–Crippen MR) is 76.3 cm³/mol. The molecule has 0 aliphatic heterocycles. The highest BCUT2D eigenvalue weighted by Gasteiger charge is 2.22. The summed E-state index contributed by atoms with van der Waals surface area (Å²) < 4.78 is 5.17. The Kier molecular flexibility index (Phi) is 3.33. The van der Waals surface area contributed by atoms with Gasteiger partial charge in [-0.25, -0.2) is 0 Å². The topological polar surface area (TPSA) is 25.0 Å². The van der Waals surface area contributed by atoms with Gasteiger partial charge in [-0.2, -0.15) is 11.8 Å². The van der Waals surface area contributed by atoms with E-state index in [-0.39, 0.29) is 0 Å². The van der Waals surface area contributed by atoms with Crippen LogP contribution in [0, 0.1) is 0 Å². The monoisotopic (exact) mass is 259 g/mol. The molecule has 0 radical (unpaired) electrons. The lowest BCUT2D eigenvalue weighted by Crippen LogP contribution is -2.02. The minimum absolute atomic E-state index is 0.742. The number of hydrogen-bond donors (Lipinski definition) is 1. The van der Waals surface area contributed by atoms with E-state index < -0.39 is 0 Å². The Morgan fingerprint density at radius 2 is 1.83 bits per heavy atom. The quantitative estimate of drug-likeness (QED) is 0.910. The molecule has 1 aliphatic rings. The zero-order valence-corrected chi connectivity index (χ0v) is 11.3. The molecule has 2 nitrogen and oxygen atoms in total. The van der Waals surface area contributed by atoms with E-state index in [1.54, 1.807) is 7.11 Å². The van der Waals surface area contributed by atoms with E-state index >= 15 is 0 Å². The second kappa shape index (κ2) is 5.11. The van der Waals surface area contributed by atoms with Crippen molar-refractivity contribution in [1.82, 2.24) is 4.98 Å². The molecule has 1 aromatic heterocycles. The van der Waals surface area contributed by atoms with Gasteiger partial charge in [0.25, 0.3) is 0 Å². The Balaban J connectivity index is 1.54. The van der Waals surface area contributed by atoms with E-state index in [9.17, 15) is 0 Å². The van der Waals surface area contributed by atoms with Crippen LogP contribution in [0.3, 0.4) is 0 Å². The molecule has 1 heterocycles. The van der Waals surface area contributed by atoms with Crippen LogP contribution in [0.2, 0.25) is 0 Å². The van der Waals surface area contributed by atoms with Crippen LogP contribution in [0.4, 0.5) is 0 Å². The molecule has 0 amide bonds. The van der Waals surface area contributed by atoms with Crippen LogP contribution >= 0.6 is 11.8 Å². The van der Waals surface area contributed by atoms with Crippen molar-refractivity contribution in [1.29, 1.82) is 0 Å². The summed E-state index contributed by atoms with van der Waals surface area (Å²) in [5.41, 5.74) is 4.38. The number of thioether (sulfide) groups is 1. The fraction of sp³-hybridized carbons (Fsp3) is 0.333. The Hall–Kier alpha value is -1.35. The normalized spacial score (nSPS) is 14.7. The third-order valence-corrected chi connectivity index (χ3v) is 4.77. The van der Waals surface area contributed by atoms with E-state index in [0.717, 1.165) is 16.8 Å². The first-order chi connectivity index (χ1) is 8.85. The summed E-state index contributed by atoms with van der Waals surface area (Å²) in [5, 5.41) is 0.742. The summed E-state index contributed by atoms with van der Waals surface area (Å²) in [6, 6.07) is 8.38. The summed E-state index contributed by atoms with van der Waals surface area (Å²) in [6.07, 6.45) is 6.70.